The van der Waals surface area contributed by atoms with Crippen LogP contribution in [-0.4, -0.2) is 46.3 Å². The highest BCUT2D eigenvalue weighted by molar-refractivity contribution is 6.30. The number of anilines is 1. The zero-order valence-corrected chi connectivity index (χ0v) is 17.2. The molecule has 1 aliphatic heterocycles. The van der Waals surface area contributed by atoms with Gasteiger partial charge in [-0.3, -0.25) is 0 Å². The lowest BCUT2D eigenvalue weighted by molar-refractivity contribution is 0.0983. The minimum absolute atomic E-state index is 0.223. The molecule has 0 aliphatic carbocycles. The number of nitrogens with zero attached hydrogens (tertiary/aromatic N) is 3. The zero-order chi connectivity index (χ0) is 20.2. The quantitative estimate of drug-likeness (QED) is 0.655. The molecule has 4 rings (SSSR count). The second kappa shape index (κ2) is 8.74. The van der Waals surface area contributed by atoms with Gasteiger partial charge in [-0.1, -0.05) is 35.9 Å². The van der Waals surface area contributed by atoms with Crippen molar-refractivity contribution in [2.75, 3.05) is 25.0 Å². The molecule has 0 atom stereocenters. The number of aromatic nitrogens is 2. The van der Waals surface area contributed by atoms with Crippen molar-refractivity contribution >= 4 is 34.7 Å². The maximum Gasteiger partial charge on any atom is 0.409 e. The molecule has 0 radical (unpaired) electrons. The highest BCUT2D eigenvalue weighted by atomic mass is 35.5. The number of hydrogen-bond donors (Lipinski definition) is 1. The maximum absolute atomic E-state index is 11.9. The summed E-state index contributed by atoms with van der Waals surface area (Å²) in [6, 6.07) is 16.3. The molecule has 29 heavy (non-hydrogen) atoms. The van der Waals surface area contributed by atoms with Crippen molar-refractivity contribution in [3.8, 4) is 0 Å². The first kappa shape index (κ1) is 19.6. The average Bonchev–Trinajstić information content (AvgIpc) is 3.06. The molecule has 3 aromatic rings. The highest BCUT2D eigenvalue weighted by Gasteiger charge is 2.24. The largest absolute Gasteiger partial charge is 0.450 e. The van der Waals surface area contributed by atoms with Crippen molar-refractivity contribution in [1.82, 2.24) is 14.5 Å². The van der Waals surface area contributed by atoms with Crippen LogP contribution in [0.15, 0.2) is 48.5 Å². The van der Waals surface area contributed by atoms with Crippen molar-refractivity contribution in [1.29, 1.82) is 0 Å². The zero-order valence-electron chi connectivity index (χ0n) is 16.5. The van der Waals surface area contributed by atoms with Crippen LogP contribution in [0.3, 0.4) is 0 Å². The van der Waals surface area contributed by atoms with Gasteiger partial charge in [-0.25, -0.2) is 9.78 Å². The van der Waals surface area contributed by atoms with Crippen LogP contribution >= 0.6 is 11.6 Å². The van der Waals surface area contributed by atoms with Crippen LogP contribution in [0.4, 0.5) is 10.7 Å². The lowest BCUT2D eigenvalue weighted by Crippen LogP contribution is -2.42. The van der Waals surface area contributed by atoms with Crippen molar-refractivity contribution in [3.05, 3.63) is 59.1 Å². The predicted octanol–water partition coefficient (Wildman–Crippen LogP) is 4.77. The lowest BCUT2D eigenvalue weighted by Gasteiger charge is -2.32. The van der Waals surface area contributed by atoms with Gasteiger partial charge in [0, 0.05) is 24.2 Å². The van der Waals surface area contributed by atoms with E-state index in [-0.39, 0.29) is 12.1 Å². The van der Waals surface area contributed by atoms with Crippen molar-refractivity contribution in [2.24, 2.45) is 0 Å². The van der Waals surface area contributed by atoms with Crippen LogP contribution < -0.4 is 5.32 Å². The van der Waals surface area contributed by atoms with E-state index in [0.717, 1.165) is 40.4 Å². The number of imidazole rings is 1. The van der Waals surface area contributed by atoms with Crippen molar-refractivity contribution in [3.63, 3.8) is 0 Å². The minimum Gasteiger partial charge on any atom is -0.450 e. The summed E-state index contributed by atoms with van der Waals surface area (Å²) in [5.41, 5.74) is 3.17. The lowest BCUT2D eigenvalue weighted by atomic mass is 10.1. The number of benzene rings is 2. The standard InChI is InChI=1S/C22H25ClN4O2/c1-2-29-22(28)26-12-10-18(11-13-26)24-21-25-19-8-3-4-9-20(19)27(21)15-16-6-5-7-17(23)14-16/h3-9,14,18H,2,10-13,15H2,1H3,(H,24,25). The molecule has 1 saturated heterocycles. The summed E-state index contributed by atoms with van der Waals surface area (Å²) in [4.78, 5) is 18.5. The normalized spacial score (nSPS) is 14.9. The summed E-state index contributed by atoms with van der Waals surface area (Å²) in [6.45, 7) is 4.29. The second-order valence-corrected chi connectivity index (χ2v) is 7.68. The Bertz CT molecular complexity index is 995. The number of likely N-dealkylation sites (tertiary alicyclic amines) is 1. The molecule has 152 valence electrons. The SMILES string of the molecule is CCOC(=O)N1CCC(Nc2nc3ccccc3n2Cc2cccc(Cl)c2)CC1. The van der Waals surface area contributed by atoms with Crippen LogP contribution in [0.1, 0.15) is 25.3 Å². The molecule has 0 spiro atoms. The van der Waals surface area contributed by atoms with Gasteiger partial charge in [-0.2, -0.15) is 0 Å². The smallest absolute Gasteiger partial charge is 0.409 e. The Hall–Kier alpha value is -2.73. The van der Waals surface area contributed by atoms with Gasteiger partial charge >= 0.3 is 6.09 Å². The van der Waals surface area contributed by atoms with Crippen LogP contribution in [-0.2, 0) is 11.3 Å². The van der Waals surface area contributed by atoms with Gasteiger partial charge < -0.3 is 19.5 Å². The number of nitrogens with one attached hydrogen (secondary N) is 1. The summed E-state index contributed by atoms with van der Waals surface area (Å²) in [5, 5.41) is 4.33. The first-order valence-electron chi connectivity index (χ1n) is 10.0. The fourth-order valence-corrected chi connectivity index (χ4v) is 3.98. The molecule has 0 bridgehead atoms. The van der Waals surface area contributed by atoms with E-state index in [9.17, 15) is 4.79 Å². The molecule has 2 heterocycles. The van der Waals surface area contributed by atoms with Gasteiger partial charge in [0.25, 0.3) is 0 Å². The summed E-state index contributed by atoms with van der Waals surface area (Å²) >= 11 is 6.18. The highest BCUT2D eigenvalue weighted by Crippen LogP contribution is 2.24. The maximum atomic E-state index is 11.9. The number of hydrogen-bond acceptors (Lipinski definition) is 4. The number of piperidine rings is 1. The molecule has 2 aromatic carbocycles. The topological polar surface area (TPSA) is 59.4 Å². The van der Waals surface area contributed by atoms with E-state index >= 15 is 0 Å². The second-order valence-electron chi connectivity index (χ2n) is 7.24. The van der Waals surface area contributed by atoms with E-state index in [4.69, 9.17) is 21.3 Å². The van der Waals surface area contributed by atoms with E-state index in [1.165, 1.54) is 0 Å². The Balaban J connectivity index is 1.52. The Kier molecular flexibility index (Phi) is 5.90. The third-order valence-corrected chi connectivity index (χ3v) is 5.47. The van der Waals surface area contributed by atoms with E-state index in [1.54, 1.807) is 4.90 Å². The molecule has 1 N–H and O–H groups in total. The molecule has 7 heteroatoms. The molecule has 6 nitrogen and oxygen atoms in total. The fraction of sp³-hybridized carbons (Fsp3) is 0.364. The van der Waals surface area contributed by atoms with Crippen LogP contribution in [0, 0.1) is 0 Å². The molecule has 1 fully saturated rings. The minimum atomic E-state index is -0.223. The van der Waals surface area contributed by atoms with Gasteiger partial charge in [0.1, 0.15) is 0 Å². The van der Waals surface area contributed by atoms with E-state index in [0.29, 0.717) is 26.2 Å². The third-order valence-electron chi connectivity index (χ3n) is 5.24. The number of halogens is 1. The summed E-state index contributed by atoms with van der Waals surface area (Å²) in [6.07, 6.45) is 1.50. The molecule has 0 unspecified atom stereocenters. The first-order valence-corrected chi connectivity index (χ1v) is 10.4. The molecule has 1 aliphatic rings. The Labute approximate surface area is 175 Å². The van der Waals surface area contributed by atoms with Gasteiger partial charge in [-0.15, -0.1) is 0 Å². The van der Waals surface area contributed by atoms with Gasteiger partial charge in [-0.05, 0) is 49.6 Å². The predicted molar refractivity (Wildman–Crippen MR) is 116 cm³/mol. The number of amides is 1. The van der Waals surface area contributed by atoms with Crippen LogP contribution in [0.25, 0.3) is 11.0 Å². The Morgan fingerprint density at radius 2 is 2.00 bits per heavy atom. The number of carbonyl (C=O) groups is 1. The molecular weight excluding hydrogens is 388 g/mol. The Morgan fingerprint density at radius 3 is 2.76 bits per heavy atom. The van der Waals surface area contributed by atoms with Crippen LogP contribution in [0.2, 0.25) is 5.02 Å². The number of rotatable bonds is 5. The average molecular weight is 413 g/mol. The monoisotopic (exact) mass is 412 g/mol. The first-order chi connectivity index (χ1) is 14.1. The summed E-state index contributed by atoms with van der Waals surface area (Å²) < 4.78 is 7.30. The molecular formula is C22H25ClN4O2. The number of carbonyl (C=O) groups excluding carboxylic acids is 1. The summed E-state index contributed by atoms with van der Waals surface area (Å²) in [7, 11) is 0. The van der Waals surface area contributed by atoms with Crippen molar-refractivity contribution in [2.45, 2.75) is 32.4 Å². The molecule has 0 saturated carbocycles. The van der Waals surface area contributed by atoms with E-state index in [1.807, 2.05) is 43.3 Å². The van der Waals surface area contributed by atoms with Crippen molar-refractivity contribution < 1.29 is 9.53 Å². The number of fused-ring (bicyclic) bond motifs is 1. The van der Waals surface area contributed by atoms with Crippen LogP contribution in [0.5, 0.6) is 0 Å². The summed E-state index contributed by atoms with van der Waals surface area (Å²) in [5.74, 6) is 0.848. The Morgan fingerprint density at radius 1 is 1.21 bits per heavy atom. The van der Waals surface area contributed by atoms with E-state index < -0.39 is 0 Å². The number of ether oxygens (including phenoxy) is 1. The van der Waals surface area contributed by atoms with Gasteiger partial charge in [0.2, 0.25) is 5.95 Å². The molecule has 1 aromatic heterocycles. The molecule has 1 amide bonds. The fourth-order valence-electron chi connectivity index (χ4n) is 3.77. The van der Waals surface area contributed by atoms with Gasteiger partial charge in [0.15, 0.2) is 0 Å². The third kappa shape index (κ3) is 4.48. The van der Waals surface area contributed by atoms with Gasteiger partial charge in [0.05, 0.1) is 24.2 Å². The number of para-hydroxylation sites is 2. The van der Waals surface area contributed by atoms with E-state index in [2.05, 4.69) is 22.0 Å².